The van der Waals surface area contributed by atoms with E-state index in [9.17, 15) is 14.4 Å². The summed E-state index contributed by atoms with van der Waals surface area (Å²) in [4.78, 5) is 42.3. The van der Waals surface area contributed by atoms with E-state index < -0.39 is 35.4 Å². The average molecular weight is 436 g/mol. The average Bonchev–Trinajstić information content (AvgIpc) is 3.15. The highest BCUT2D eigenvalue weighted by molar-refractivity contribution is 6.49. The zero-order chi connectivity index (χ0) is 21.4. The predicted octanol–water partition coefficient (Wildman–Crippen LogP) is 1.02. The smallest absolute Gasteiger partial charge is 0.328 e. The van der Waals surface area contributed by atoms with E-state index in [4.69, 9.17) is 20.9 Å². The van der Waals surface area contributed by atoms with Crippen LogP contribution in [0.15, 0.2) is 16.4 Å². The van der Waals surface area contributed by atoms with Gasteiger partial charge in [0.2, 0.25) is 17.6 Å². The molecule has 2 N–H and O–H groups in total. The number of hydrogen-bond donors (Lipinski definition) is 2. The number of imide groups is 2. The molecule has 4 atom stereocenters. The summed E-state index contributed by atoms with van der Waals surface area (Å²) in [5.74, 6) is -0.754. The lowest BCUT2D eigenvalue weighted by atomic mass is 9.65. The topological polar surface area (TPSA) is 117 Å². The molecule has 30 heavy (non-hydrogen) atoms. The van der Waals surface area contributed by atoms with Crippen molar-refractivity contribution in [2.75, 3.05) is 18.0 Å². The molecule has 0 saturated carbocycles. The summed E-state index contributed by atoms with van der Waals surface area (Å²) < 4.78 is 11.5. The van der Waals surface area contributed by atoms with Crippen LogP contribution in [-0.4, -0.2) is 65.3 Å². The van der Waals surface area contributed by atoms with Gasteiger partial charge in [-0.2, -0.15) is 0 Å². The van der Waals surface area contributed by atoms with Gasteiger partial charge in [-0.25, -0.2) is 4.79 Å². The highest BCUT2D eigenvalue weighted by Crippen LogP contribution is 2.53. The van der Waals surface area contributed by atoms with Crippen molar-refractivity contribution in [2.45, 2.75) is 51.5 Å². The summed E-state index contributed by atoms with van der Waals surface area (Å²) in [5, 5.41) is 8.93. The molecule has 1 spiro atoms. The number of ether oxygens (including phenoxy) is 1. The van der Waals surface area contributed by atoms with E-state index in [1.165, 1.54) is 0 Å². The second-order valence-corrected chi connectivity index (χ2v) is 8.58. The Kier molecular flexibility index (Phi) is 4.17. The van der Waals surface area contributed by atoms with Crippen LogP contribution in [0, 0.1) is 5.41 Å². The molecule has 0 bridgehead atoms. The van der Waals surface area contributed by atoms with E-state index in [1.54, 1.807) is 6.20 Å². The third-order valence-corrected chi connectivity index (χ3v) is 6.96. The van der Waals surface area contributed by atoms with Crippen molar-refractivity contribution in [3.05, 3.63) is 17.7 Å². The van der Waals surface area contributed by atoms with Gasteiger partial charge in [-0.1, -0.05) is 16.8 Å². The quantitative estimate of drug-likeness (QED) is 0.628. The van der Waals surface area contributed by atoms with Crippen LogP contribution in [0.5, 0.6) is 0 Å². The molecular formula is C19H22ClN5O5. The molecule has 160 valence electrons. The number of fused-ring (bicyclic) bond motifs is 5. The van der Waals surface area contributed by atoms with Crippen LogP contribution in [0.4, 0.5) is 10.5 Å². The Morgan fingerprint density at radius 3 is 2.63 bits per heavy atom. The summed E-state index contributed by atoms with van der Waals surface area (Å²) in [6.45, 7) is 6.77. The minimum absolute atomic E-state index is 0.144. The van der Waals surface area contributed by atoms with E-state index in [1.807, 2.05) is 30.6 Å². The van der Waals surface area contributed by atoms with Gasteiger partial charge in [0.25, 0.3) is 0 Å². The molecule has 5 heterocycles. The minimum atomic E-state index is -1.51. The highest BCUT2D eigenvalue weighted by atomic mass is 35.5. The molecule has 11 heteroatoms. The molecule has 0 aromatic carbocycles. The SMILES string of the molecule is CCN1c2cnoc2C(Cl)=C2C1CC1(C(=O)NC(=O)NC1=O)[C@H]1[C@H](C)O[C@H](C)CN21. The van der Waals surface area contributed by atoms with Crippen molar-refractivity contribution < 1.29 is 23.6 Å². The largest absolute Gasteiger partial charge is 0.372 e. The number of amides is 4. The van der Waals surface area contributed by atoms with E-state index in [0.29, 0.717) is 29.6 Å². The fourth-order valence-corrected chi connectivity index (χ4v) is 5.94. The number of carbonyl (C=O) groups excluding carboxylic acids is 3. The highest BCUT2D eigenvalue weighted by Gasteiger charge is 2.66. The maximum Gasteiger partial charge on any atom is 0.328 e. The summed E-state index contributed by atoms with van der Waals surface area (Å²) >= 11 is 6.80. The van der Waals surface area contributed by atoms with Gasteiger partial charge in [-0.15, -0.1) is 0 Å². The number of nitrogens with one attached hydrogen (secondary N) is 2. The maximum absolute atomic E-state index is 13.2. The van der Waals surface area contributed by atoms with E-state index in [2.05, 4.69) is 15.8 Å². The monoisotopic (exact) mass is 435 g/mol. The Labute approximate surface area is 177 Å². The number of rotatable bonds is 1. The lowest BCUT2D eigenvalue weighted by Gasteiger charge is -2.60. The Bertz CT molecular complexity index is 970. The summed E-state index contributed by atoms with van der Waals surface area (Å²) in [6, 6.07) is -1.81. The van der Waals surface area contributed by atoms with Gasteiger partial charge in [-0.05, 0) is 27.2 Å². The number of likely N-dealkylation sites (N-methyl/N-ethyl adjacent to an activating group) is 1. The standard InChI is InChI=1S/C19H22ClN5O5/c1-4-24-10-5-19(16(26)22-18(28)23-17(19)27)15-9(3)29-8(2)7-25(15)13(10)12(20)14-11(24)6-21-30-14/h6,8-10,15H,4-5,7H2,1-3H3,(H2,22,23,26,27,28)/t8-,9+,10?,15-/m1/s1. The summed E-state index contributed by atoms with van der Waals surface area (Å²) in [5.41, 5.74) is -0.00856. The third kappa shape index (κ3) is 2.34. The van der Waals surface area contributed by atoms with Gasteiger partial charge in [0.1, 0.15) is 10.7 Å². The number of hydrogen-bond acceptors (Lipinski definition) is 8. The zero-order valence-electron chi connectivity index (χ0n) is 16.8. The Hall–Kier alpha value is -2.59. The van der Waals surface area contributed by atoms with Gasteiger partial charge in [0.05, 0.1) is 36.2 Å². The van der Waals surface area contributed by atoms with Gasteiger partial charge >= 0.3 is 6.03 Å². The lowest BCUT2D eigenvalue weighted by molar-refractivity contribution is -0.175. The molecule has 1 aromatic heterocycles. The second-order valence-electron chi connectivity index (χ2n) is 8.20. The molecule has 0 radical (unpaired) electrons. The number of halogens is 1. The number of nitrogens with zero attached hydrogens (tertiary/aromatic N) is 3. The van der Waals surface area contributed by atoms with Crippen LogP contribution in [-0.2, 0) is 14.3 Å². The first-order valence-corrected chi connectivity index (χ1v) is 10.4. The number of urea groups is 1. The minimum Gasteiger partial charge on any atom is -0.372 e. The third-order valence-electron chi connectivity index (χ3n) is 6.59. The molecule has 1 aromatic rings. The van der Waals surface area contributed by atoms with Gasteiger partial charge in [0.15, 0.2) is 5.41 Å². The van der Waals surface area contributed by atoms with Crippen LogP contribution in [0.3, 0.4) is 0 Å². The Morgan fingerprint density at radius 2 is 1.97 bits per heavy atom. The molecule has 4 amide bonds. The van der Waals surface area contributed by atoms with Crippen LogP contribution >= 0.6 is 11.6 Å². The Balaban J connectivity index is 1.74. The maximum atomic E-state index is 13.2. The number of anilines is 1. The second kappa shape index (κ2) is 6.45. The molecule has 5 rings (SSSR count). The fourth-order valence-electron chi connectivity index (χ4n) is 5.57. The molecule has 4 aliphatic heterocycles. The molecule has 4 aliphatic rings. The van der Waals surface area contributed by atoms with Crippen LogP contribution in [0.25, 0.3) is 5.03 Å². The Morgan fingerprint density at radius 1 is 1.27 bits per heavy atom. The van der Waals surface area contributed by atoms with Gasteiger partial charge in [0, 0.05) is 13.1 Å². The molecule has 0 aliphatic carbocycles. The van der Waals surface area contributed by atoms with Crippen LogP contribution in [0.1, 0.15) is 33.0 Å². The molecule has 10 nitrogen and oxygen atoms in total. The van der Waals surface area contributed by atoms with E-state index in [0.717, 1.165) is 5.70 Å². The first-order valence-electron chi connectivity index (χ1n) is 9.99. The van der Waals surface area contributed by atoms with E-state index in [-0.39, 0.29) is 18.6 Å². The lowest BCUT2D eigenvalue weighted by Crippen LogP contribution is -2.77. The van der Waals surface area contributed by atoms with Gasteiger partial charge in [-0.3, -0.25) is 20.2 Å². The first-order chi connectivity index (χ1) is 14.3. The van der Waals surface area contributed by atoms with Crippen molar-refractivity contribution in [1.82, 2.24) is 20.7 Å². The first kappa shape index (κ1) is 19.4. The van der Waals surface area contributed by atoms with Gasteiger partial charge < -0.3 is 19.1 Å². The predicted molar refractivity (Wildman–Crippen MR) is 105 cm³/mol. The van der Waals surface area contributed by atoms with Crippen LogP contribution in [0.2, 0.25) is 0 Å². The molecule has 3 saturated heterocycles. The van der Waals surface area contributed by atoms with E-state index >= 15 is 0 Å². The van der Waals surface area contributed by atoms with Crippen molar-refractivity contribution in [3.63, 3.8) is 0 Å². The fraction of sp³-hybridized carbons (Fsp3) is 0.579. The number of barbiturate groups is 1. The number of aromatic nitrogens is 1. The molecular weight excluding hydrogens is 414 g/mol. The van der Waals surface area contributed by atoms with Crippen molar-refractivity contribution in [1.29, 1.82) is 0 Å². The normalized spacial score (nSPS) is 32.5. The van der Waals surface area contributed by atoms with Crippen molar-refractivity contribution >= 4 is 40.2 Å². The number of carbonyl (C=O) groups is 3. The zero-order valence-corrected chi connectivity index (χ0v) is 17.5. The molecule has 3 fully saturated rings. The molecule has 1 unspecified atom stereocenters. The van der Waals surface area contributed by atoms with Crippen LogP contribution < -0.4 is 15.5 Å². The van der Waals surface area contributed by atoms with Crippen molar-refractivity contribution in [2.24, 2.45) is 5.41 Å². The summed E-state index contributed by atoms with van der Waals surface area (Å²) in [6.07, 6.45) is 1.13. The van der Waals surface area contributed by atoms with Crippen molar-refractivity contribution in [3.8, 4) is 0 Å². The summed E-state index contributed by atoms with van der Waals surface area (Å²) in [7, 11) is 0. The number of piperidine rings is 1. The number of morpholine rings is 1.